The number of carbonyl (C=O) groups excluding carboxylic acids is 2. The molecule has 3 N–H and O–H groups in total. The minimum Gasteiger partial charge on any atom is -0.481 e. The van der Waals surface area contributed by atoms with Gasteiger partial charge in [-0.1, -0.05) is 48.5 Å². The van der Waals surface area contributed by atoms with E-state index in [1.54, 1.807) is 7.11 Å². The van der Waals surface area contributed by atoms with Gasteiger partial charge in [0.15, 0.2) is 0 Å². The number of hydrogen-bond donors (Lipinski definition) is 3. The van der Waals surface area contributed by atoms with Gasteiger partial charge in [-0.05, 0) is 41.0 Å². The smallest absolute Gasteiger partial charge is 0.407 e. The number of carbonyl (C=O) groups is 3. The van der Waals surface area contributed by atoms with Crippen molar-refractivity contribution < 1.29 is 29.0 Å². The number of rotatable bonds is 10. The van der Waals surface area contributed by atoms with Crippen LogP contribution in [0.1, 0.15) is 36.3 Å². The van der Waals surface area contributed by atoms with Crippen molar-refractivity contribution in [1.29, 1.82) is 0 Å². The molecule has 0 aliphatic heterocycles. The summed E-state index contributed by atoms with van der Waals surface area (Å²) in [4.78, 5) is 36.3. The van der Waals surface area contributed by atoms with Gasteiger partial charge in [0.2, 0.25) is 5.91 Å². The minimum absolute atomic E-state index is 0.0781. The van der Waals surface area contributed by atoms with Crippen molar-refractivity contribution in [2.45, 2.75) is 37.3 Å². The Kier molecular flexibility index (Phi) is 6.93. The molecule has 0 heterocycles. The molecule has 2 aromatic carbocycles. The van der Waals surface area contributed by atoms with Crippen molar-refractivity contribution in [2.24, 2.45) is 5.92 Å². The SMILES string of the molecule is COC(CNC(=O)C(CC(=O)O)NC(=O)OCC1c2ccccc2-c2ccccc21)C1CC1. The molecule has 0 radical (unpaired) electrons. The average Bonchev–Trinajstić information content (AvgIpc) is 3.60. The van der Waals surface area contributed by atoms with Crippen LogP contribution in [-0.2, 0) is 19.1 Å². The summed E-state index contributed by atoms with van der Waals surface area (Å²) >= 11 is 0. The number of alkyl carbamates (subject to hydrolysis) is 1. The number of amides is 2. The van der Waals surface area contributed by atoms with E-state index in [2.05, 4.69) is 10.6 Å². The first-order valence-electron chi connectivity index (χ1n) is 11.1. The third kappa shape index (κ3) is 5.34. The number of hydrogen-bond acceptors (Lipinski definition) is 5. The zero-order valence-corrected chi connectivity index (χ0v) is 18.5. The molecule has 2 atom stereocenters. The Bertz CT molecular complexity index is 990. The van der Waals surface area contributed by atoms with Crippen molar-refractivity contribution >= 4 is 18.0 Å². The Morgan fingerprint density at radius 2 is 1.64 bits per heavy atom. The van der Waals surface area contributed by atoms with E-state index in [4.69, 9.17) is 9.47 Å². The fourth-order valence-corrected chi connectivity index (χ4v) is 4.40. The van der Waals surface area contributed by atoms with E-state index in [-0.39, 0.29) is 25.2 Å². The van der Waals surface area contributed by atoms with Gasteiger partial charge in [-0.25, -0.2) is 4.79 Å². The van der Waals surface area contributed by atoms with Gasteiger partial charge in [-0.3, -0.25) is 9.59 Å². The second-order valence-electron chi connectivity index (χ2n) is 8.48. The Balaban J connectivity index is 1.36. The summed E-state index contributed by atoms with van der Waals surface area (Å²) in [6.45, 7) is 0.344. The number of nitrogens with one attached hydrogen (secondary N) is 2. The quantitative estimate of drug-likeness (QED) is 0.511. The van der Waals surface area contributed by atoms with Crippen LogP contribution >= 0.6 is 0 Å². The summed E-state index contributed by atoms with van der Waals surface area (Å²) in [5.74, 6) is -1.49. The van der Waals surface area contributed by atoms with Crippen molar-refractivity contribution in [2.75, 3.05) is 20.3 Å². The lowest BCUT2D eigenvalue weighted by molar-refractivity contribution is -0.139. The zero-order valence-electron chi connectivity index (χ0n) is 18.5. The maximum absolute atomic E-state index is 12.6. The highest BCUT2D eigenvalue weighted by molar-refractivity contribution is 5.89. The predicted octanol–water partition coefficient (Wildman–Crippen LogP) is 2.91. The number of methoxy groups -OCH3 is 1. The summed E-state index contributed by atoms with van der Waals surface area (Å²) in [7, 11) is 1.58. The maximum atomic E-state index is 12.6. The van der Waals surface area contributed by atoms with E-state index in [0.29, 0.717) is 5.92 Å². The monoisotopic (exact) mass is 452 g/mol. The fraction of sp³-hybridized carbons (Fsp3) is 0.400. The number of carboxylic acids is 1. The molecule has 1 fully saturated rings. The lowest BCUT2D eigenvalue weighted by Crippen LogP contribution is -2.49. The van der Waals surface area contributed by atoms with Crippen molar-refractivity contribution in [3.63, 3.8) is 0 Å². The normalized spacial score (nSPS) is 16.3. The van der Waals surface area contributed by atoms with Gasteiger partial charge >= 0.3 is 12.1 Å². The largest absolute Gasteiger partial charge is 0.481 e. The summed E-state index contributed by atoms with van der Waals surface area (Å²) in [5, 5.41) is 14.3. The molecule has 0 saturated heterocycles. The molecule has 0 aromatic heterocycles. The molecule has 1 saturated carbocycles. The van der Waals surface area contributed by atoms with Gasteiger partial charge in [-0.2, -0.15) is 0 Å². The molecule has 174 valence electrons. The van der Waals surface area contributed by atoms with Crippen LogP contribution in [-0.4, -0.2) is 55.5 Å². The number of ether oxygens (including phenoxy) is 2. The fourth-order valence-electron chi connectivity index (χ4n) is 4.40. The molecule has 0 bridgehead atoms. The van der Waals surface area contributed by atoms with Crippen LogP contribution in [0.3, 0.4) is 0 Å². The lowest BCUT2D eigenvalue weighted by Gasteiger charge is -2.20. The summed E-state index contributed by atoms with van der Waals surface area (Å²) in [6.07, 6.45) is 0.602. The average molecular weight is 453 g/mol. The standard InChI is InChI=1S/C25H28N2O6/c1-32-22(15-10-11-15)13-26-24(30)21(12-23(28)29)27-25(31)33-14-20-18-8-4-2-6-16(18)17-7-3-5-9-19(17)20/h2-9,15,20-22H,10-14H2,1H3,(H,26,30)(H,27,31)(H,28,29). The van der Waals surface area contributed by atoms with Crippen molar-refractivity contribution in [3.05, 3.63) is 59.7 Å². The van der Waals surface area contributed by atoms with Gasteiger partial charge in [0, 0.05) is 19.6 Å². The molecule has 4 rings (SSSR count). The number of aliphatic carboxylic acids is 1. The third-order valence-corrected chi connectivity index (χ3v) is 6.26. The molecular formula is C25H28N2O6. The third-order valence-electron chi connectivity index (χ3n) is 6.26. The van der Waals surface area contributed by atoms with Crippen LogP contribution in [0.5, 0.6) is 0 Å². The summed E-state index contributed by atoms with van der Waals surface area (Å²) < 4.78 is 10.8. The van der Waals surface area contributed by atoms with Gasteiger partial charge in [-0.15, -0.1) is 0 Å². The molecule has 2 unspecified atom stereocenters. The molecule has 0 spiro atoms. The zero-order chi connectivity index (χ0) is 23.4. The molecule has 2 aliphatic rings. The second kappa shape index (κ2) is 10.0. The second-order valence-corrected chi connectivity index (χ2v) is 8.48. The molecule has 33 heavy (non-hydrogen) atoms. The first-order chi connectivity index (χ1) is 16.0. The van der Waals surface area contributed by atoms with Crippen molar-refractivity contribution in [3.8, 4) is 11.1 Å². The Morgan fingerprint density at radius 3 is 2.18 bits per heavy atom. The highest BCUT2D eigenvalue weighted by Gasteiger charge is 2.33. The van der Waals surface area contributed by atoms with E-state index < -0.39 is 30.4 Å². The van der Waals surface area contributed by atoms with Gasteiger partial charge in [0.05, 0.1) is 12.5 Å². The Morgan fingerprint density at radius 1 is 1.03 bits per heavy atom. The van der Waals surface area contributed by atoms with Crippen LogP contribution in [0.2, 0.25) is 0 Å². The summed E-state index contributed by atoms with van der Waals surface area (Å²) in [6, 6.07) is 14.7. The van der Waals surface area contributed by atoms with Crippen LogP contribution in [0.25, 0.3) is 11.1 Å². The van der Waals surface area contributed by atoms with Crippen LogP contribution < -0.4 is 10.6 Å². The highest BCUT2D eigenvalue weighted by Crippen LogP contribution is 2.44. The van der Waals surface area contributed by atoms with E-state index in [9.17, 15) is 19.5 Å². The molecule has 2 amide bonds. The van der Waals surface area contributed by atoms with E-state index in [1.807, 2.05) is 48.5 Å². The summed E-state index contributed by atoms with van der Waals surface area (Å²) in [5.41, 5.74) is 4.34. The Labute approximate surface area is 192 Å². The molecule has 8 nitrogen and oxygen atoms in total. The number of carboxylic acid groups (broad SMARTS) is 1. The van der Waals surface area contributed by atoms with Crippen LogP contribution in [0, 0.1) is 5.92 Å². The molecular weight excluding hydrogens is 424 g/mol. The van der Waals surface area contributed by atoms with Gasteiger partial charge in [0.1, 0.15) is 12.6 Å². The Hall–Kier alpha value is -3.39. The molecule has 8 heteroatoms. The van der Waals surface area contributed by atoms with Crippen molar-refractivity contribution in [1.82, 2.24) is 10.6 Å². The first-order valence-corrected chi connectivity index (χ1v) is 11.1. The maximum Gasteiger partial charge on any atom is 0.407 e. The molecule has 2 aromatic rings. The van der Waals surface area contributed by atoms with Crippen LogP contribution in [0.15, 0.2) is 48.5 Å². The lowest BCUT2D eigenvalue weighted by atomic mass is 9.98. The van der Waals surface area contributed by atoms with Gasteiger partial charge < -0.3 is 25.2 Å². The minimum atomic E-state index is -1.24. The van der Waals surface area contributed by atoms with E-state index in [0.717, 1.165) is 35.1 Å². The molecule has 2 aliphatic carbocycles. The first kappa shape index (κ1) is 22.8. The number of fused-ring (bicyclic) bond motifs is 3. The number of benzene rings is 2. The van der Waals surface area contributed by atoms with E-state index >= 15 is 0 Å². The van der Waals surface area contributed by atoms with Gasteiger partial charge in [0.25, 0.3) is 0 Å². The van der Waals surface area contributed by atoms with E-state index in [1.165, 1.54) is 0 Å². The predicted molar refractivity (Wildman–Crippen MR) is 121 cm³/mol. The topological polar surface area (TPSA) is 114 Å². The van der Waals surface area contributed by atoms with Crippen LogP contribution in [0.4, 0.5) is 4.79 Å². The highest BCUT2D eigenvalue weighted by atomic mass is 16.5.